The highest BCUT2D eigenvalue weighted by Crippen LogP contribution is 2.18. The first-order valence-electron chi connectivity index (χ1n) is 8.54. The second-order valence-corrected chi connectivity index (χ2v) is 6.55. The van der Waals surface area contributed by atoms with Crippen molar-refractivity contribution in [2.24, 2.45) is 5.92 Å². The monoisotopic (exact) mass is 315 g/mol. The fourth-order valence-corrected chi connectivity index (χ4v) is 3.30. The lowest BCUT2D eigenvalue weighted by atomic mass is 10.0. The smallest absolute Gasteiger partial charge is 0.226 e. The summed E-state index contributed by atoms with van der Waals surface area (Å²) in [7, 11) is 0. The van der Waals surface area contributed by atoms with E-state index in [2.05, 4.69) is 22.3 Å². The van der Waals surface area contributed by atoms with Crippen molar-refractivity contribution in [1.29, 1.82) is 0 Å². The van der Waals surface area contributed by atoms with Crippen LogP contribution >= 0.6 is 0 Å². The molecule has 124 valence electrons. The zero-order valence-corrected chi connectivity index (χ0v) is 13.8. The van der Waals surface area contributed by atoms with Gasteiger partial charge in [-0.2, -0.15) is 0 Å². The van der Waals surface area contributed by atoms with Gasteiger partial charge in [0.25, 0.3) is 0 Å². The van der Waals surface area contributed by atoms with Crippen LogP contribution in [0.2, 0.25) is 0 Å². The lowest BCUT2D eigenvalue weighted by Gasteiger charge is -2.30. The molecule has 3 rings (SSSR count). The van der Waals surface area contributed by atoms with E-state index in [1.807, 2.05) is 24.3 Å². The van der Waals surface area contributed by atoms with Gasteiger partial charge in [-0.15, -0.1) is 0 Å². The fourth-order valence-electron chi connectivity index (χ4n) is 3.30. The number of nitrogens with one attached hydrogen (secondary N) is 1. The van der Waals surface area contributed by atoms with Crippen molar-refractivity contribution >= 4 is 16.9 Å². The summed E-state index contributed by atoms with van der Waals surface area (Å²) < 4.78 is 5.23. The minimum Gasteiger partial charge on any atom is -0.356 e. The molecule has 1 N–H and O–H groups in total. The molecule has 23 heavy (non-hydrogen) atoms. The minimum atomic E-state index is 0.0102. The number of piperidine rings is 1. The van der Waals surface area contributed by atoms with Gasteiger partial charge >= 0.3 is 0 Å². The molecule has 1 amide bonds. The number of likely N-dealkylation sites (tertiary alicyclic amines) is 1. The molecule has 2 heterocycles. The van der Waals surface area contributed by atoms with E-state index in [1.54, 1.807) is 0 Å². The van der Waals surface area contributed by atoms with Gasteiger partial charge < -0.3 is 14.7 Å². The first-order valence-corrected chi connectivity index (χ1v) is 8.54. The summed E-state index contributed by atoms with van der Waals surface area (Å²) in [5.41, 5.74) is 1.44. The first-order chi connectivity index (χ1) is 11.2. The number of aromatic nitrogens is 1. The van der Waals surface area contributed by atoms with Crippen molar-refractivity contribution in [3.8, 4) is 0 Å². The molecule has 5 nitrogen and oxygen atoms in total. The van der Waals surface area contributed by atoms with Crippen LogP contribution in [0.4, 0.5) is 0 Å². The fraction of sp³-hybridized carbons (Fsp3) is 0.556. The maximum Gasteiger partial charge on any atom is 0.226 e. The number of hydrogen-bond acceptors (Lipinski definition) is 4. The molecule has 1 aromatic heterocycles. The lowest BCUT2D eigenvalue weighted by Crippen LogP contribution is -2.36. The zero-order chi connectivity index (χ0) is 16.1. The summed E-state index contributed by atoms with van der Waals surface area (Å²) in [5, 5.41) is 7.91. The summed E-state index contributed by atoms with van der Waals surface area (Å²) in [6.07, 6.45) is 3.92. The second kappa shape index (κ2) is 7.59. The Morgan fingerprint density at radius 3 is 3.17 bits per heavy atom. The molecule has 1 fully saturated rings. The lowest BCUT2D eigenvalue weighted by molar-refractivity contribution is -0.120. The molecular formula is C18H25N3O2. The van der Waals surface area contributed by atoms with Crippen LogP contribution in [0, 0.1) is 5.92 Å². The van der Waals surface area contributed by atoms with Gasteiger partial charge in [0, 0.05) is 18.5 Å². The Hall–Kier alpha value is -1.88. The minimum absolute atomic E-state index is 0.0102. The molecule has 1 aliphatic rings. The summed E-state index contributed by atoms with van der Waals surface area (Å²) in [6, 6.07) is 7.63. The molecule has 1 aromatic carbocycles. The third-order valence-electron chi connectivity index (χ3n) is 4.49. The van der Waals surface area contributed by atoms with Crippen LogP contribution in [0.3, 0.4) is 0 Å². The average Bonchev–Trinajstić information content (AvgIpc) is 2.95. The van der Waals surface area contributed by atoms with Gasteiger partial charge in [0.1, 0.15) is 5.69 Å². The van der Waals surface area contributed by atoms with Crippen LogP contribution < -0.4 is 5.32 Å². The normalized spacial score (nSPS) is 19.1. The third-order valence-corrected chi connectivity index (χ3v) is 4.49. The Labute approximate surface area is 137 Å². The molecule has 0 spiro atoms. The van der Waals surface area contributed by atoms with E-state index >= 15 is 0 Å². The van der Waals surface area contributed by atoms with Gasteiger partial charge in [-0.3, -0.25) is 4.79 Å². The summed E-state index contributed by atoms with van der Waals surface area (Å²) in [5.74, 6) is 0.815. The van der Waals surface area contributed by atoms with Crippen LogP contribution in [0.5, 0.6) is 0 Å². The van der Waals surface area contributed by atoms with E-state index in [1.165, 1.54) is 25.9 Å². The summed E-state index contributed by atoms with van der Waals surface area (Å²) >= 11 is 0. The average molecular weight is 315 g/mol. The topological polar surface area (TPSA) is 58.4 Å². The highest BCUT2D eigenvalue weighted by molar-refractivity contribution is 5.86. The van der Waals surface area contributed by atoms with E-state index in [9.17, 15) is 4.79 Å². The zero-order valence-electron chi connectivity index (χ0n) is 13.8. The second-order valence-electron chi connectivity index (χ2n) is 6.55. The number of carbonyl (C=O) groups excluding carboxylic acids is 1. The number of benzene rings is 1. The van der Waals surface area contributed by atoms with Gasteiger partial charge in [0.05, 0.1) is 6.42 Å². The van der Waals surface area contributed by atoms with E-state index in [-0.39, 0.29) is 12.3 Å². The van der Waals surface area contributed by atoms with E-state index in [0.29, 0.717) is 5.69 Å². The Kier molecular flexibility index (Phi) is 5.28. The van der Waals surface area contributed by atoms with Crippen molar-refractivity contribution in [3.05, 3.63) is 30.0 Å². The number of para-hydroxylation sites is 1. The quantitative estimate of drug-likeness (QED) is 0.833. The standard InChI is InChI=1S/C18H25N3O2/c1-14-6-4-10-21(13-14)11-5-9-19-18(22)12-16-15-7-2-3-8-17(15)23-20-16/h2-3,7-8,14H,4-6,9-13H2,1H3,(H,19,22)/t14-/m0/s1. The highest BCUT2D eigenvalue weighted by Gasteiger charge is 2.16. The predicted molar refractivity (Wildman–Crippen MR) is 90.2 cm³/mol. The largest absolute Gasteiger partial charge is 0.356 e. The molecule has 1 aliphatic heterocycles. The van der Waals surface area contributed by atoms with Gasteiger partial charge in [0.15, 0.2) is 5.58 Å². The molecule has 0 saturated carbocycles. The van der Waals surface area contributed by atoms with Gasteiger partial charge in [0.2, 0.25) is 5.91 Å². The Balaban J connectivity index is 1.40. The number of fused-ring (bicyclic) bond motifs is 1. The number of carbonyl (C=O) groups is 1. The van der Waals surface area contributed by atoms with Crippen molar-refractivity contribution < 1.29 is 9.32 Å². The molecule has 2 aromatic rings. The van der Waals surface area contributed by atoms with Crippen LogP contribution in [0.15, 0.2) is 28.8 Å². The molecule has 5 heteroatoms. The van der Waals surface area contributed by atoms with Crippen LogP contribution in [-0.4, -0.2) is 42.1 Å². The molecule has 0 bridgehead atoms. The number of hydrogen-bond donors (Lipinski definition) is 1. The van der Waals surface area contributed by atoms with E-state index < -0.39 is 0 Å². The predicted octanol–water partition coefficient (Wildman–Crippen LogP) is 2.61. The number of nitrogens with zero attached hydrogens (tertiary/aromatic N) is 2. The van der Waals surface area contributed by atoms with Crippen LogP contribution in [0.1, 0.15) is 31.9 Å². The molecule has 0 aliphatic carbocycles. The Morgan fingerprint density at radius 1 is 1.43 bits per heavy atom. The SMILES string of the molecule is C[C@H]1CCCN(CCCNC(=O)Cc2noc3ccccc23)C1. The maximum atomic E-state index is 12.1. The Bertz CT molecular complexity index is 653. The molecule has 1 saturated heterocycles. The van der Waals surface area contributed by atoms with Gasteiger partial charge in [-0.25, -0.2) is 0 Å². The first kappa shape index (κ1) is 16.0. The van der Waals surface area contributed by atoms with Gasteiger partial charge in [-0.1, -0.05) is 24.2 Å². The van der Waals surface area contributed by atoms with E-state index in [4.69, 9.17) is 4.52 Å². The number of amides is 1. The van der Waals surface area contributed by atoms with Crippen molar-refractivity contribution in [1.82, 2.24) is 15.4 Å². The van der Waals surface area contributed by atoms with Crippen molar-refractivity contribution in [2.45, 2.75) is 32.6 Å². The van der Waals surface area contributed by atoms with Crippen molar-refractivity contribution in [3.63, 3.8) is 0 Å². The molecule has 0 radical (unpaired) electrons. The highest BCUT2D eigenvalue weighted by atomic mass is 16.5. The van der Waals surface area contributed by atoms with Gasteiger partial charge in [-0.05, 0) is 50.4 Å². The molecular weight excluding hydrogens is 290 g/mol. The maximum absolute atomic E-state index is 12.1. The molecule has 0 unspecified atom stereocenters. The van der Waals surface area contributed by atoms with Crippen LogP contribution in [-0.2, 0) is 11.2 Å². The third kappa shape index (κ3) is 4.32. The summed E-state index contributed by atoms with van der Waals surface area (Å²) in [6.45, 7) is 6.50. The Morgan fingerprint density at radius 2 is 2.30 bits per heavy atom. The summed E-state index contributed by atoms with van der Waals surface area (Å²) in [4.78, 5) is 14.6. The van der Waals surface area contributed by atoms with E-state index in [0.717, 1.165) is 36.4 Å². The van der Waals surface area contributed by atoms with Crippen LogP contribution in [0.25, 0.3) is 11.0 Å². The number of rotatable bonds is 6. The van der Waals surface area contributed by atoms with Crippen molar-refractivity contribution in [2.75, 3.05) is 26.2 Å². The molecule has 1 atom stereocenters.